The number of ketones is 1. The number of aliphatic hydroxyl groups is 1. The minimum absolute atomic E-state index is 0.306. The Balaban J connectivity index is 2.19. The molecule has 2 atom stereocenters. The third-order valence-electron chi connectivity index (χ3n) is 4.76. The Bertz CT molecular complexity index is 775. The molecule has 3 rings (SSSR count). The molecule has 0 bridgehead atoms. The van der Waals surface area contributed by atoms with E-state index < -0.39 is 11.3 Å². The van der Waals surface area contributed by atoms with Crippen molar-refractivity contribution >= 4 is 5.78 Å². The van der Waals surface area contributed by atoms with Gasteiger partial charge in [-0.25, -0.2) is 0 Å². The molecule has 0 fully saturated rings. The zero-order valence-electron chi connectivity index (χ0n) is 13.6. The zero-order chi connectivity index (χ0) is 17.0. The zero-order valence-corrected chi connectivity index (χ0v) is 13.6. The number of benzene rings is 1. The van der Waals surface area contributed by atoms with E-state index in [1.54, 1.807) is 31.2 Å². The number of Topliss-reactive ketones (excluding diaryl/α,β-unsaturated/α-hetero) is 1. The first-order valence-corrected chi connectivity index (χ1v) is 7.67. The lowest BCUT2D eigenvalue weighted by atomic mass is 9.82. The Hall–Kier alpha value is -2.17. The third-order valence-corrected chi connectivity index (χ3v) is 4.76. The molecule has 1 aliphatic heterocycles. The first kappa shape index (κ1) is 15.7. The van der Waals surface area contributed by atoms with E-state index >= 15 is 0 Å². The number of rotatable bonds is 3. The number of carbonyl (C=O) groups is 1. The minimum Gasteiger partial charge on any atom is -0.455 e. The van der Waals surface area contributed by atoms with Crippen molar-refractivity contribution in [2.45, 2.75) is 38.0 Å². The van der Waals surface area contributed by atoms with Crippen LogP contribution in [-0.2, 0) is 10.3 Å². The third kappa shape index (κ3) is 1.82. The van der Waals surface area contributed by atoms with Crippen LogP contribution in [0.4, 0.5) is 0 Å². The summed E-state index contributed by atoms with van der Waals surface area (Å²) in [6, 6.07) is 5.56. The van der Waals surface area contributed by atoms with E-state index in [4.69, 9.17) is 10.5 Å². The molecule has 3 N–H and O–H groups in total. The topological polar surface area (TPSA) is 72.6 Å². The maximum Gasteiger partial charge on any atom is 0.265 e. The van der Waals surface area contributed by atoms with Gasteiger partial charge in [0.25, 0.3) is 5.79 Å². The van der Waals surface area contributed by atoms with Gasteiger partial charge < -0.3 is 15.6 Å². The highest BCUT2D eigenvalue weighted by Crippen LogP contribution is 2.55. The highest BCUT2D eigenvalue weighted by molar-refractivity contribution is 6.09. The average Bonchev–Trinajstić information content (AvgIpc) is 2.82. The number of hydrogen-bond acceptors (Lipinski definition) is 4. The molecule has 0 saturated carbocycles. The fraction of sp³-hybridized carbons (Fsp3) is 0.316. The SMILES string of the molecule is C=C/C=C\C1=C(C)C(=O)C2(N)c3ccc(C(C)C)cc3OC12O. The quantitative estimate of drug-likeness (QED) is 0.842. The second-order valence-electron chi connectivity index (χ2n) is 6.43. The van der Waals surface area contributed by atoms with Gasteiger partial charge in [0.05, 0.1) is 0 Å². The van der Waals surface area contributed by atoms with Gasteiger partial charge in [0.2, 0.25) is 0 Å². The Morgan fingerprint density at radius 3 is 2.70 bits per heavy atom. The summed E-state index contributed by atoms with van der Waals surface area (Å²) in [6.45, 7) is 9.40. The fourth-order valence-corrected chi connectivity index (χ4v) is 3.35. The Kier molecular flexibility index (Phi) is 3.36. The summed E-state index contributed by atoms with van der Waals surface area (Å²) in [7, 11) is 0. The minimum atomic E-state index is -1.88. The number of fused-ring (bicyclic) bond motifs is 3. The summed E-state index contributed by atoms with van der Waals surface area (Å²) >= 11 is 0. The van der Waals surface area contributed by atoms with Crippen LogP contribution in [0.5, 0.6) is 5.75 Å². The summed E-state index contributed by atoms with van der Waals surface area (Å²) in [4.78, 5) is 12.8. The predicted molar refractivity (Wildman–Crippen MR) is 89.0 cm³/mol. The fourth-order valence-electron chi connectivity index (χ4n) is 3.35. The molecular weight excluding hydrogens is 290 g/mol. The van der Waals surface area contributed by atoms with Gasteiger partial charge in [0, 0.05) is 16.7 Å². The van der Waals surface area contributed by atoms with Crippen molar-refractivity contribution in [2.75, 3.05) is 0 Å². The highest BCUT2D eigenvalue weighted by atomic mass is 16.6. The summed E-state index contributed by atoms with van der Waals surface area (Å²) in [6.07, 6.45) is 4.86. The Morgan fingerprint density at radius 2 is 2.09 bits per heavy atom. The molecule has 4 heteroatoms. The number of allylic oxidation sites excluding steroid dienone is 2. The molecule has 0 aromatic heterocycles. The molecule has 0 spiro atoms. The molecule has 120 valence electrons. The van der Waals surface area contributed by atoms with Crippen molar-refractivity contribution in [2.24, 2.45) is 5.73 Å². The lowest BCUT2D eigenvalue weighted by molar-refractivity contribution is -0.149. The summed E-state index contributed by atoms with van der Waals surface area (Å²) in [5.41, 5.74) is 7.17. The van der Waals surface area contributed by atoms with Gasteiger partial charge in [-0.2, -0.15) is 0 Å². The van der Waals surface area contributed by atoms with Crippen LogP contribution in [0.2, 0.25) is 0 Å². The standard InChI is InChI=1S/C19H21NO3/c1-5-6-7-14-12(4)17(21)18(20)15-9-8-13(11(2)3)10-16(15)23-19(14,18)22/h5-11,22H,1,20H2,2-4H3/b7-6-. The molecule has 1 aliphatic carbocycles. The van der Waals surface area contributed by atoms with Gasteiger partial charge in [-0.05, 0) is 24.5 Å². The molecule has 0 radical (unpaired) electrons. The molecule has 2 unspecified atom stereocenters. The molecule has 0 amide bonds. The van der Waals surface area contributed by atoms with Crippen LogP contribution in [0.3, 0.4) is 0 Å². The van der Waals surface area contributed by atoms with Gasteiger partial charge in [0.15, 0.2) is 11.3 Å². The normalized spacial score (nSPS) is 29.2. The van der Waals surface area contributed by atoms with E-state index in [0.717, 1.165) is 5.56 Å². The molecule has 1 aromatic carbocycles. The monoisotopic (exact) mass is 311 g/mol. The highest BCUT2D eigenvalue weighted by Gasteiger charge is 2.68. The number of ether oxygens (including phenoxy) is 1. The van der Waals surface area contributed by atoms with Gasteiger partial charge in [-0.1, -0.05) is 50.8 Å². The van der Waals surface area contributed by atoms with E-state index in [9.17, 15) is 9.90 Å². The van der Waals surface area contributed by atoms with E-state index in [-0.39, 0.29) is 5.78 Å². The number of carbonyl (C=O) groups excluding carboxylic acids is 1. The van der Waals surface area contributed by atoms with Crippen LogP contribution in [0.1, 0.15) is 37.8 Å². The maximum absolute atomic E-state index is 12.8. The number of nitrogens with two attached hydrogens (primary N) is 1. The maximum atomic E-state index is 12.8. The second kappa shape index (κ2) is 4.91. The van der Waals surface area contributed by atoms with Crippen molar-refractivity contribution in [1.29, 1.82) is 0 Å². The van der Waals surface area contributed by atoms with Gasteiger partial charge in [0.1, 0.15) is 5.75 Å². The van der Waals surface area contributed by atoms with Gasteiger partial charge in [-0.15, -0.1) is 0 Å². The van der Waals surface area contributed by atoms with Crippen molar-refractivity contribution in [3.63, 3.8) is 0 Å². The molecule has 0 saturated heterocycles. The molecule has 4 nitrogen and oxygen atoms in total. The van der Waals surface area contributed by atoms with Crippen LogP contribution < -0.4 is 10.5 Å². The summed E-state index contributed by atoms with van der Waals surface area (Å²) in [5.74, 6) is -1.43. The largest absolute Gasteiger partial charge is 0.455 e. The van der Waals surface area contributed by atoms with Crippen LogP contribution in [0.15, 0.2) is 54.2 Å². The van der Waals surface area contributed by atoms with Crippen molar-refractivity contribution in [1.82, 2.24) is 0 Å². The molecule has 1 heterocycles. The van der Waals surface area contributed by atoms with E-state index in [1.807, 2.05) is 12.1 Å². The van der Waals surface area contributed by atoms with E-state index in [0.29, 0.717) is 28.4 Å². The molecule has 23 heavy (non-hydrogen) atoms. The van der Waals surface area contributed by atoms with E-state index in [1.165, 1.54) is 0 Å². The van der Waals surface area contributed by atoms with Gasteiger partial charge in [-0.3, -0.25) is 4.79 Å². The Labute approximate surface area is 136 Å². The molecule has 1 aromatic rings. The summed E-state index contributed by atoms with van der Waals surface area (Å²) in [5, 5.41) is 11.2. The molecule has 2 aliphatic rings. The first-order valence-electron chi connectivity index (χ1n) is 7.67. The van der Waals surface area contributed by atoms with Gasteiger partial charge >= 0.3 is 0 Å². The lowest BCUT2D eigenvalue weighted by Crippen LogP contribution is -2.59. The van der Waals surface area contributed by atoms with Crippen LogP contribution in [0, 0.1) is 0 Å². The average molecular weight is 311 g/mol. The van der Waals surface area contributed by atoms with Crippen LogP contribution in [0.25, 0.3) is 0 Å². The number of hydrogen-bond donors (Lipinski definition) is 2. The van der Waals surface area contributed by atoms with Crippen LogP contribution in [-0.4, -0.2) is 16.7 Å². The Morgan fingerprint density at radius 1 is 1.39 bits per heavy atom. The lowest BCUT2D eigenvalue weighted by Gasteiger charge is -2.31. The van der Waals surface area contributed by atoms with Crippen LogP contribution >= 0.6 is 0 Å². The molecular formula is C19H21NO3. The van der Waals surface area contributed by atoms with Crippen molar-refractivity contribution in [3.8, 4) is 5.75 Å². The van der Waals surface area contributed by atoms with Crippen molar-refractivity contribution < 1.29 is 14.6 Å². The summed E-state index contributed by atoms with van der Waals surface area (Å²) < 4.78 is 5.83. The smallest absolute Gasteiger partial charge is 0.265 e. The van der Waals surface area contributed by atoms with Crippen molar-refractivity contribution in [3.05, 3.63) is 65.3 Å². The first-order chi connectivity index (χ1) is 10.8. The van der Waals surface area contributed by atoms with E-state index in [2.05, 4.69) is 20.4 Å². The second-order valence-corrected chi connectivity index (χ2v) is 6.43. The predicted octanol–water partition coefficient (Wildman–Crippen LogP) is 2.69.